The molecule has 1 unspecified atom stereocenters. The fraction of sp³-hybridized carbons (Fsp3) is 0.667. The van der Waals surface area contributed by atoms with Gasteiger partial charge in [0.15, 0.2) is 0 Å². The van der Waals surface area contributed by atoms with E-state index in [0.29, 0.717) is 11.2 Å². The van der Waals surface area contributed by atoms with Crippen molar-refractivity contribution in [2.75, 3.05) is 13.6 Å². The lowest BCUT2D eigenvalue weighted by atomic mass is 9.71. The lowest BCUT2D eigenvalue weighted by Crippen LogP contribution is -2.37. The van der Waals surface area contributed by atoms with Gasteiger partial charge in [-0.1, -0.05) is 13.8 Å². The van der Waals surface area contributed by atoms with Gasteiger partial charge in [-0.05, 0) is 58.2 Å². The van der Waals surface area contributed by atoms with Crippen molar-refractivity contribution in [3.8, 4) is 0 Å². The lowest BCUT2D eigenvalue weighted by Gasteiger charge is -2.35. The Hall–Kier alpha value is -0.190. The van der Waals surface area contributed by atoms with Crippen LogP contribution in [0.4, 0.5) is 0 Å². The average Bonchev–Trinajstić information content (AvgIpc) is 2.69. The number of Topliss-reactive ketones (excluding diaryl/α,β-unsaturated/α-hetero) is 1. The number of nitrogens with zero attached hydrogens (tertiary/aromatic N) is 1. The summed E-state index contributed by atoms with van der Waals surface area (Å²) in [6, 6.07) is 2.16. The van der Waals surface area contributed by atoms with Gasteiger partial charge in [-0.2, -0.15) is 0 Å². The van der Waals surface area contributed by atoms with Gasteiger partial charge in [-0.3, -0.25) is 4.79 Å². The summed E-state index contributed by atoms with van der Waals surface area (Å²) in [4.78, 5) is 14.3. The number of hydrogen-bond donors (Lipinski definition) is 0. The van der Waals surface area contributed by atoms with Crippen LogP contribution >= 0.6 is 27.3 Å². The van der Waals surface area contributed by atoms with E-state index in [1.807, 2.05) is 0 Å². The van der Waals surface area contributed by atoms with Gasteiger partial charge in [0, 0.05) is 25.4 Å². The molecule has 106 valence electrons. The Morgan fingerprint density at radius 2 is 2.26 bits per heavy atom. The highest BCUT2D eigenvalue weighted by atomic mass is 79.9. The normalized spacial score (nSPS) is 23.0. The van der Waals surface area contributed by atoms with Gasteiger partial charge in [-0.25, -0.2) is 0 Å². The molecule has 2 nitrogen and oxygen atoms in total. The molecular weight excluding hydrogens is 322 g/mol. The molecule has 19 heavy (non-hydrogen) atoms. The Balaban J connectivity index is 1.90. The smallest absolute Gasteiger partial charge is 0.137 e. The van der Waals surface area contributed by atoms with E-state index in [1.165, 1.54) is 9.35 Å². The summed E-state index contributed by atoms with van der Waals surface area (Å²) in [5.74, 6) is 0.675. The molecule has 0 bridgehead atoms. The summed E-state index contributed by atoms with van der Waals surface area (Å²) in [6.45, 7) is 6.37. The molecule has 1 saturated carbocycles. The molecule has 1 aliphatic rings. The maximum absolute atomic E-state index is 12.0. The van der Waals surface area contributed by atoms with E-state index in [1.54, 1.807) is 11.3 Å². The molecule has 0 spiro atoms. The van der Waals surface area contributed by atoms with Crippen LogP contribution in [0.1, 0.15) is 38.7 Å². The topological polar surface area (TPSA) is 20.3 Å². The summed E-state index contributed by atoms with van der Waals surface area (Å²) in [5.41, 5.74) is 1.65. The van der Waals surface area contributed by atoms with Gasteiger partial charge in [0.25, 0.3) is 0 Å². The predicted octanol–water partition coefficient (Wildman–Crippen LogP) is 4.34. The van der Waals surface area contributed by atoms with Crippen LogP contribution in [-0.2, 0) is 11.3 Å². The van der Waals surface area contributed by atoms with Crippen molar-refractivity contribution < 1.29 is 4.79 Å². The van der Waals surface area contributed by atoms with Crippen molar-refractivity contribution in [3.05, 3.63) is 20.8 Å². The molecule has 0 aromatic carbocycles. The third kappa shape index (κ3) is 4.40. The number of hydrogen-bond acceptors (Lipinski definition) is 3. The Labute approximate surface area is 128 Å². The first-order chi connectivity index (χ1) is 8.85. The Morgan fingerprint density at radius 3 is 2.89 bits per heavy atom. The fourth-order valence-corrected chi connectivity index (χ4v) is 4.10. The average molecular weight is 344 g/mol. The summed E-state index contributed by atoms with van der Waals surface area (Å²) >= 11 is 5.21. The zero-order chi connectivity index (χ0) is 14.0. The minimum absolute atomic E-state index is 0.218. The van der Waals surface area contributed by atoms with Crippen LogP contribution < -0.4 is 0 Å². The molecule has 0 saturated heterocycles. The monoisotopic (exact) mass is 343 g/mol. The van der Waals surface area contributed by atoms with Crippen LogP contribution in [-0.4, -0.2) is 24.3 Å². The number of carbonyl (C=O) groups is 1. The number of rotatable bonds is 4. The highest BCUT2D eigenvalue weighted by Gasteiger charge is 2.33. The van der Waals surface area contributed by atoms with Crippen LogP contribution in [0, 0.1) is 11.3 Å². The van der Waals surface area contributed by atoms with Gasteiger partial charge in [-0.15, -0.1) is 11.3 Å². The molecule has 2 rings (SSSR count). The summed E-state index contributed by atoms with van der Waals surface area (Å²) in [5, 5.41) is 2.17. The third-order valence-corrected chi connectivity index (χ3v) is 5.46. The van der Waals surface area contributed by atoms with E-state index in [4.69, 9.17) is 0 Å². The summed E-state index contributed by atoms with van der Waals surface area (Å²) in [6.07, 6.45) is 2.84. The molecule has 0 aliphatic heterocycles. The Morgan fingerprint density at radius 1 is 1.53 bits per heavy atom. The molecule has 1 fully saturated rings. The van der Waals surface area contributed by atoms with Gasteiger partial charge in [0.2, 0.25) is 0 Å². The molecule has 1 heterocycles. The van der Waals surface area contributed by atoms with Crippen molar-refractivity contribution in [3.63, 3.8) is 0 Å². The molecule has 0 N–H and O–H groups in total. The van der Waals surface area contributed by atoms with E-state index in [-0.39, 0.29) is 5.92 Å². The van der Waals surface area contributed by atoms with Gasteiger partial charge < -0.3 is 4.90 Å². The number of ketones is 1. The van der Waals surface area contributed by atoms with Crippen molar-refractivity contribution >= 4 is 33.0 Å². The third-order valence-electron chi connectivity index (χ3n) is 3.91. The number of halogens is 1. The summed E-state index contributed by atoms with van der Waals surface area (Å²) in [7, 11) is 2.11. The molecule has 1 aromatic rings. The first-order valence-corrected chi connectivity index (χ1v) is 8.47. The lowest BCUT2D eigenvalue weighted by molar-refractivity contribution is -0.127. The maximum atomic E-state index is 12.0. The van der Waals surface area contributed by atoms with Crippen LogP contribution in [0.2, 0.25) is 0 Å². The largest absolute Gasteiger partial charge is 0.301 e. The van der Waals surface area contributed by atoms with Crippen molar-refractivity contribution in [2.24, 2.45) is 11.3 Å². The van der Waals surface area contributed by atoms with Crippen LogP contribution in [0.3, 0.4) is 0 Å². The highest BCUT2D eigenvalue weighted by Crippen LogP contribution is 2.37. The van der Waals surface area contributed by atoms with E-state index in [9.17, 15) is 4.79 Å². The second-order valence-electron chi connectivity index (χ2n) is 6.49. The van der Waals surface area contributed by atoms with Gasteiger partial charge in [0.1, 0.15) is 5.78 Å². The van der Waals surface area contributed by atoms with Crippen LogP contribution in [0.25, 0.3) is 0 Å². The van der Waals surface area contributed by atoms with Gasteiger partial charge >= 0.3 is 0 Å². The Bertz CT molecular complexity index is 455. The molecule has 4 heteroatoms. The first-order valence-electron chi connectivity index (χ1n) is 6.80. The first kappa shape index (κ1) is 15.2. The molecule has 1 atom stereocenters. The SMILES string of the molecule is CN(Cc1csc(Br)c1)CC1CC(C)(C)CCC1=O. The minimum atomic E-state index is 0.218. The van der Waals surface area contributed by atoms with E-state index in [2.05, 4.69) is 53.2 Å². The van der Waals surface area contributed by atoms with Crippen LogP contribution in [0.15, 0.2) is 15.2 Å². The molecule has 1 aliphatic carbocycles. The van der Waals surface area contributed by atoms with Gasteiger partial charge in [0.05, 0.1) is 3.79 Å². The van der Waals surface area contributed by atoms with E-state index in [0.717, 1.165) is 32.4 Å². The molecular formula is C15H22BrNOS. The standard InChI is InChI=1S/C15H22BrNOS/c1-15(2)5-4-13(18)12(7-15)9-17(3)8-11-6-14(16)19-10-11/h6,10,12H,4-5,7-9H2,1-3H3. The summed E-state index contributed by atoms with van der Waals surface area (Å²) < 4.78 is 1.17. The molecule has 0 amide bonds. The number of thiophene rings is 1. The highest BCUT2D eigenvalue weighted by molar-refractivity contribution is 9.11. The quantitative estimate of drug-likeness (QED) is 0.810. The second kappa shape index (κ2) is 6.06. The zero-order valence-corrected chi connectivity index (χ0v) is 14.3. The number of carbonyl (C=O) groups excluding carboxylic acids is 1. The van der Waals surface area contributed by atoms with Crippen molar-refractivity contribution in [1.29, 1.82) is 0 Å². The Kier molecular flexibility index (Phi) is 4.85. The molecule has 1 aromatic heterocycles. The zero-order valence-electron chi connectivity index (χ0n) is 11.9. The fourth-order valence-electron chi connectivity index (χ4n) is 2.90. The molecule has 0 radical (unpaired) electrons. The van der Waals surface area contributed by atoms with E-state index >= 15 is 0 Å². The second-order valence-corrected chi connectivity index (χ2v) is 8.78. The minimum Gasteiger partial charge on any atom is -0.301 e. The van der Waals surface area contributed by atoms with E-state index < -0.39 is 0 Å². The maximum Gasteiger partial charge on any atom is 0.137 e. The van der Waals surface area contributed by atoms with Crippen molar-refractivity contribution in [2.45, 2.75) is 39.7 Å². The van der Waals surface area contributed by atoms with Crippen LogP contribution in [0.5, 0.6) is 0 Å². The van der Waals surface area contributed by atoms with Crippen molar-refractivity contribution in [1.82, 2.24) is 4.90 Å². The predicted molar refractivity (Wildman–Crippen MR) is 84.5 cm³/mol.